The first-order chi connectivity index (χ1) is 18.9. The highest BCUT2D eigenvalue weighted by molar-refractivity contribution is 4.75. The maximum absolute atomic E-state index is 5.99. The van der Waals surface area contributed by atoms with Gasteiger partial charge in [-0.3, -0.25) is 9.80 Å². The zero-order chi connectivity index (χ0) is 28.1. The van der Waals surface area contributed by atoms with Gasteiger partial charge in [-0.05, 0) is 50.1 Å². The molecule has 0 aliphatic carbocycles. The Morgan fingerprint density at radius 3 is 1.85 bits per heavy atom. The summed E-state index contributed by atoms with van der Waals surface area (Å²) in [5.74, 6) is 2.10. The van der Waals surface area contributed by atoms with Gasteiger partial charge in [-0.15, -0.1) is 0 Å². The first-order valence-corrected chi connectivity index (χ1v) is 16.2. The summed E-state index contributed by atoms with van der Waals surface area (Å²) in [5, 5.41) is 7.18. The fourth-order valence-electron chi connectivity index (χ4n) is 5.12. The van der Waals surface area contributed by atoms with Gasteiger partial charge in [0.25, 0.3) is 0 Å². The van der Waals surface area contributed by atoms with Gasteiger partial charge in [0.1, 0.15) is 0 Å². The maximum Gasteiger partial charge on any atom is 0.0826 e. The third kappa shape index (κ3) is 18.7. The summed E-state index contributed by atoms with van der Waals surface area (Å²) in [4.78, 5) is 4.97. The van der Waals surface area contributed by atoms with Crippen LogP contribution in [0.3, 0.4) is 0 Å². The number of morpholine rings is 2. The second-order valence-corrected chi connectivity index (χ2v) is 12.7. The standard InChI is InChI=1S/C31H64N4O4/c1-27(2)10-16-37-18-12-35-14-20-39-31(26-35)24-33-22-29(5)9-7-6-8-15-36-17-11-34-13-19-38-30(25-34)23-32-21-28(3)4/h27-33H,6-26H2,1-5H3/t29?,30?,31-/m1/s1. The normalized spacial score (nSPS) is 22.2. The molecule has 39 heavy (non-hydrogen) atoms. The molecule has 0 radical (unpaired) electrons. The van der Waals surface area contributed by atoms with Gasteiger partial charge in [-0.2, -0.15) is 0 Å². The predicted octanol–water partition coefficient (Wildman–Crippen LogP) is 3.50. The van der Waals surface area contributed by atoms with Crippen LogP contribution in [0.5, 0.6) is 0 Å². The molecule has 0 bridgehead atoms. The predicted molar refractivity (Wildman–Crippen MR) is 162 cm³/mol. The fraction of sp³-hybridized carbons (Fsp3) is 1.00. The Kier molecular flexibility index (Phi) is 19.9. The molecule has 0 amide bonds. The summed E-state index contributed by atoms with van der Waals surface area (Å²) < 4.78 is 23.6. The van der Waals surface area contributed by atoms with Crippen molar-refractivity contribution in [1.82, 2.24) is 20.4 Å². The number of nitrogens with zero attached hydrogens (tertiary/aromatic N) is 2. The highest BCUT2D eigenvalue weighted by Crippen LogP contribution is 2.10. The molecule has 0 saturated carbocycles. The number of unbranched alkanes of at least 4 members (excludes halogenated alkanes) is 2. The van der Waals surface area contributed by atoms with Crippen LogP contribution in [0.15, 0.2) is 0 Å². The molecular weight excluding hydrogens is 492 g/mol. The van der Waals surface area contributed by atoms with Crippen LogP contribution in [0.4, 0.5) is 0 Å². The first kappa shape index (κ1) is 34.9. The minimum absolute atomic E-state index is 0.295. The van der Waals surface area contributed by atoms with E-state index in [0.717, 1.165) is 118 Å². The van der Waals surface area contributed by atoms with E-state index in [9.17, 15) is 0 Å². The van der Waals surface area contributed by atoms with Crippen molar-refractivity contribution in [2.24, 2.45) is 17.8 Å². The smallest absolute Gasteiger partial charge is 0.0826 e. The van der Waals surface area contributed by atoms with Crippen molar-refractivity contribution in [3.05, 3.63) is 0 Å². The van der Waals surface area contributed by atoms with Gasteiger partial charge >= 0.3 is 0 Å². The van der Waals surface area contributed by atoms with E-state index in [1.165, 1.54) is 19.3 Å². The average molecular weight is 557 g/mol. The van der Waals surface area contributed by atoms with Crippen LogP contribution in [-0.2, 0) is 18.9 Å². The SMILES string of the molecule is CC(C)CCOCCN1CCO[C@H](CNCC(C)CCCCCOCCN2CCOC(CNCC(C)C)C2)C1. The van der Waals surface area contributed by atoms with Crippen LogP contribution in [0.2, 0.25) is 0 Å². The summed E-state index contributed by atoms with van der Waals surface area (Å²) >= 11 is 0. The molecule has 2 rings (SSSR count). The molecule has 2 heterocycles. The molecule has 232 valence electrons. The van der Waals surface area contributed by atoms with E-state index in [2.05, 4.69) is 55.1 Å². The van der Waals surface area contributed by atoms with Crippen LogP contribution >= 0.6 is 0 Å². The minimum Gasteiger partial charge on any atom is -0.380 e. The van der Waals surface area contributed by atoms with E-state index < -0.39 is 0 Å². The van der Waals surface area contributed by atoms with Crippen molar-refractivity contribution in [2.75, 3.05) is 105 Å². The van der Waals surface area contributed by atoms with Crippen molar-refractivity contribution < 1.29 is 18.9 Å². The van der Waals surface area contributed by atoms with Gasteiger partial charge in [0, 0.05) is 65.6 Å². The molecule has 0 aromatic rings. The van der Waals surface area contributed by atoms with Crippen molar-refractivity contribution in [1.29, 1.82) is 0 Å². The molecule has 8 nitrogen and oxygen atoms in total. The van der Waals surface area contributed by atoms with Gasteiger partial charge in [0.05, 0.1) is 38.6 Å². The van der Waals surface area contributed by atoms with Crippen LogP contribution in [0, 0.1) is 17.8 Å². The van der Waals surface area contributed by atoms with Crippen molar-refractivity contribution in [3.8, 4) is 0 Å². The number of ether oxygens (including phenoxy) is 4. The summed E-state index contributed by atoms with van der Waals surface area (Å²) in [7, 11) is 0. The number of hydrogen-bond acceptors (Lipinski definition) is 8. The van der Waals surface area contributed by atoms with E-state index in [4.69, 9.17) is 18.9 Å². The zero-order valence-electron chi connectivity index (χ0n) is 26.3. The Bertz CT molecular complexity index is 569. The Morgan fingerprint density at radius 2 is 1.26 bits per heavy atom. The zero-order valence-corrected chi connectivity index (χ0v) is 26.3. The molecule has 0 aromatic carbocycles. The number of nitrogens with one attached hydrogen (secondary N) is 2. The lowest BCUT2D eigenvalue weighted by Gasteiger charge is -2.33. The van der Waals surface area contributed by atoms with Gasteiger partial charge in [0.15, 0.2) is 0 Å². The maximum atomic E-state index is 5.99. The molecule has 2 aliphatic heterocycles. The monoisotopic (exact) mass is 556 g/mol. The second-order valence-electron chi connectivity index (χ2n) is 12.7. The quantitative estimate of drug-likeness (QED) is 0.186. The topological polar surface area (TPSA) is 67.5 Å². The Labute approximate surface area is 241 Å². The van der Waals surface area contributed by atoms with Gasteiger partial charge in [-0.1, -0.05) is 47.5 Å². The highest BCUT2D eigenvalue weighted by Gasteiger charge is 2.21. The van der Waals surface area contributed by atoms with E-state index in [-0.39, 0.29) is 0 Å². The summed E-state index contributed by atoms with van der Waals surface area (Å²) in [6.45, 7) is 26.6. The lowest BCUT2D eigenvalue weighted by molar-refractivity contribution is -0.0355. The molecule has 8 heteroatoms. The van der Waals surface area contributed by atoms with E-state index in [1.54, 1.807) is 0 Å². The summed E-state index contributed by atoms with van der Waals surface area (Å²) in [5.41, 5.74) is 0. The Morgan fingerprint density at radius 1 is 0.667 bits per heavy atom. The molecule has 3 atom stereocenters. The molecule has 2 saturated heterocycles. The van der Waals surface area contributed by atoms with Crippen LogP contribution in [0.1, 0.15) is 66.7 Å². The van der Waals surface area contributed by atoms with Gasteiger partial charge in [0.2, 0.25) is 0 Å². The van der Waals surface area contributed by atoms with Crippen molar-refractivity contribution >= 4 is 0 Å². The molecule has 0 aromatic heterocycles. The van der Waals surface area contributed by atoms with E-state index >= 15 is 0 Å². The molecule has 2 fully saturated rings. The fourth-order valence-corrected chi connectivity index (χ4v) is 5.12. The Hall–Kier alpha value is -0.320. The van der Waals surface area contributed by atoms with Crippen molar-refractivity contribution in [2.45, 2.75) is 78.9 Å². The molecule has 2 aliphatic rings. The van der Waals surface area contributed by atoms with Crippen LogP contribution in [0.25, 0.3) is 0 Å². The average Bonchev–Trinajstić information content (AvgIpc) is 2.90. The summed E-state index contributed by atoms with van der Waals surface area (Å²) in [6, 6.07) is 0. The molecule has 0 spiro atoms. The van der Waals surface area contributed by atoms with E-state index in [1.807, 2.05) is 0 Å². The number of rotatable bonds is 23. The molecular formula is C31H64N4O4. The molecule has 2 N–H and O–H groups in total. The molecule has 2 unspecified atom stereocenters. The third-order valence-corrected chi connectivity index (χ3v) is 7.66. The largest absolute Gasteiger partial charge is 0.380 e. The van der Waals surface area contributed by atoms with Crippen LogP contribution in [-0.4, -0.2) is 127 Å². The third-order valence-electron chi connectivity index (χ3n) is 7.66. The van der Waals surface area contributed by atoms with Gasteiger partial charge in [-0.25, -0.2) is 0 Å². The number of hydrogen-bond donors (Lipinski definition) is 2. The second kappa shape index (κ2) is 22.3. The minimum atomic E-state index is 0.295. The Balaban J connectivity index is 1.38. The van der Waals surface area contributed by atoms with Gasteiger partial charge < -0.3 is 29.6 Å². The highest BCUT2D eigenvalue weighted by atomic mass is 16.5. The lowest BCUT2D eigenvalue weighted by Crippen LogP contribution is -2.48. The van der Waals surface area contributed by atoms with E-state index in [0.29, 0.717) is 30.0 Å². The van der Waals surface area contributed by atoms with Crippen molar-refractivity contribution in [3.63, 3.8) is 0 Å². The van der Waals surface area contributed by atoms with Crippen LogP contribution < -0.4 is 10.6 Å². The first-order valence-electron chi connectivity index (χ1n) is 16.2. The summed E-state index contributed by atoms with van der Waals surface area (Å²) in [6.07, 6.45) is 6.73. The lowest BCUT2D eigenvalue weighted by atomic mass is 10.0.